The van der Waals surface area contributed by atoms with Gasteiger partial charge in [0.2, 0.25) is 5.95 Å². The molecule has 64 valence electrons. The highest BCUT2D eigenvalue weighted by Gasteiger charge is 2.21. The molecule has 12 heavy (non-hydrogen) atoms. The van der Waals surface area contributed by atoms with Gasteiger partial charge in [-0.2, -0.15) is 0 Å². The van der Waals surface area contributed by atoms with Crippen LogP contribution in [0.15, 0.2) is 12.3 Å². The van der Waals surface area contributed by atoms with E-state index in [1.165, 1.54) is 12.8 Å². The van der Waals surface area contributed by atoms with Gasteiger partial charge >= 0.3 is 0 Å². The molecular formula is C8H11N3O. The van der Waals surface area contributed by atoms with Crippen molar-refractivity contribution in [2.24, 2.45) is 0 Å². The Morgan fingerprint density at radius 1 is 1.58 bits per heavy atom. The van der Waals surface area contributed by atoms with Crippen LogP contribution in [0.1, 0.15) is 18.5 Å². The molecule has 2 rings (SSSR count). The van der Waals surface area contributed by atoms with E-state index in [0.717, 1.165) is 5.69 Å². The van der Waals surface area contributed by atoms with Gasteiger partial charge in [0.1, 0.15) is 0 Å². The molecule has 0 atom stereocenters. The largest absolute Gasteiger partial charge is 0.372 e. The number of hydrogen-bond donors (Lipinski definition) is 1. The Morgan fingerprint density at radius 3 is 3.08 bits per heavy atom. The third-order valence-electron chi connectivity index (χ3n) is 1.72. The van der Waals surface area contributed by atoms with Gasteiger partial charge in [0.15, 0.2) is 0 Å². The van der Waals surface area contributed by atoms with Crippen molar-refractivity contribution in [3.05, 3.63) is 18.0 Å². The number of nitrogens with zero attached hydrogens (tertiary/aromatic N) is 2. The average molecular weight is 165 g/mol. The lowest BCUT2D eigenvalue weighted by Gasteiger charge is -2.00. The molecule has 2 N–H and O–H groups in total. The van der Waals surface area contributed by atoms with E-state index in [4.69, 9.17) is 10.5 Å². The van der Waals surface area contributed by atoms with Crippen molar-refractivity contribution in [2.75, 3.05) is 5.73 Å². The van der Waals surface area contributed by atoms with Crippen LogP contribution >= 0.6 is 0 Å². The Labute approximate surface area is 70.8 Å². The molecule has 0 spiro atoms. The summed E-state index contributed by atoms with van der Waals surface area (Å²) in [5, 5.41) is 0. The second-order valence-electron chi connectivity index (χ2n) is 2.92. The van der Waals surface area contributed by atoms with Gasteiger partial charge in [-0.1, -0.05) is 0 Å². The van der Waals surface area contributed by atoms with Crippen LogP contribution in [0.25, 0.3) is 0 Å². The highest BCUT2D eigenvalue weighted by molar-refractivity contribution is 5.16. The molecule has 1 fully saturated rings. The molecule has 0 aromatic carbocycles. The summed E-state index contributed by atoms with van der Waals surface area (Å²) in [6, 6.07) is 1.82. The normalized spacial score (nSPS) is 16.3. The minimum absolute atomic E-state index is 0.312. The Kier molecular flexibility index (Phi) is 1.91. The first-order valence-corrected chi connectivity index (χ1v) is 4.03. The van der Waals surface area contributed by atoms with E-state index in [0.29, 0.717) is 18.7 Å². The van der Waals surface area contributed by atoms with E-state index in [1.54, 1.807) is 6.20 Å². The molecule has 1 aliphatic rings. The zero-order chi connectivity index (χ0) is 8.39. The minimum Gasteiger partial charge on any atom is -0.372 e. The maximum Gasteiger partial charge on any atom is 0.220 e. The van der Waals surface area contributed by atoms with Gasteiger partial charge in [-0.25, -0.2) is 9.97 Å². The van der Waals surface area contributed by atoms with E-state index in [1.807, 2.05) is 6.07 Å². The third-order valence-corrected chi connectivity index (χ3v) is 1.72. The van der Waals surface area contributed by atoms with Gasteiger partial charge < -0.3 is 10.5 Å². The zero-order valence-electron chi connectivity index (χ0n) is 6.73. The summed E-state index contributed by atoms with van der Waals surface area (Å²) in [4.78, 5) is 7.81. The molecule has 0 unspecified atom stereocenters. The summed E-state index contributed by atoms with van der Waals surface area (Å²) in [7, 11) is 0. The molecule has 0 radical (unpaired) electrons. The third kappa shape index (κ3) is 1.92. The van der Waals surface area contributed by atoms with Crippen molar-refractivity contribution in [1.29, 1.82) is 0 Å². The predicted octanol–water partition coefficient (Wildman–Crippen LogP) is 0.738. The molecule has 1 aliphatic carbocycles. The summed E-state index contributed by atoms with van der Waals surface area (Å²) in [5.41, 5.74) is 6.26. The smallest absolute Gasteiger partial charge is 0.220 e. The second kappa shape index (κ2) is 3.06. The molecule has 4 heteroatoms. The van der Waals surface area contributed by atoms with E-state index < -0.39 is 0 Å². The lowest BCUT2D eigenvalue weighted by molar-refractivity contribution is 0.103. The quantitative estimate of drug-likeness (QED) is 0.717. The highest BCUT2D eigenvalue weighted by atomic mass is 16.5. The highest BCUT2D eigenvalue weighted by Crippen LogP contribution is 2.24. The average Bonchev–Trinajstić information content (AvgIpc) is 2.84. The maximum atomic E-state index is 5.45. The van der Waals surface area contributed by atoms with Crippen LogP contribution in [0.2, 0.25) is 0 Å². The lowest BCUT2D eigenvalue weighted by atomic mass is 10.4. The van der Waals surface area contributed by atoms with Crippen LogP contribution in [0.5, 0.6) is 0 Å². The number of nitrogens with two attached hydrogens (primary N) is 1. The van der Waals surface area contributed by atoms with Crippen molar-refractivity contribution >= 4 is 5.95 Å². The molecule has 0 bridgehead atoms. The fourth-order valence-corrected chi connectivity index (χ4v) is 0.931. The molecule has 0 saturated heterocycles. The number of rotatable bonds is 3. The topological polar surface area (TPSA) is 61.0 Å². The number of anilines is 1. The van der Waals surface area contributed by atoms with Gasteiger partial charge in [-0.15, -0.1) is 0 Å². The maximum absolute atomic E-state index is 5.45. The summed E-state index contributed by atoms with van der Waals surface area (Å²) < 4.78 is 5.45. The van der Waals surface area contributed by atoms with E-state index in [9.17, 15) is 0 Å². The van der Waals surface area contributed by atoms with Crippen molar-refractivity contribution < 1.29 is 4.74 Å². The summed E-state index contributed by atoms with van der Waals surface area (Å²) in [6.07, 6.45) is 4.47. The summed E-state index contributed by atoms with van der Waals surface area (Å²) in [6.45, 7) is 0.553. The van der Waals surface area contributed by atoms with Crippen molar-refractivity contribution in [2.45, 2.75) is 25.6 Å². The monoisotopic (exact) mass is 165 g/mol. The van der Waals surface area contributed by atoms with Gasteiger partial charge in [0.05, 0.1) is 18.4 Å². The van der Waals surface area contributed by atoms with Crippen molar-refractivity contribution in [3.63, 3.8) is 0 Å². The number of hydrogen-bond acceptors (Lipinski definition) is 4. The van der Waals surface area contributed by atoms with Crippen LogP contribution in [0, 0.1) is 0 Å². The summed E-state index contributed by atoms with van der Waals surface area (Å²) >= 11 is 0. The Balaban J connectivity index is 1.92. The van der Waals surface area contributed by atoms with Crippen LogP contribution < -0.4 is 5.73 Å². The van der Waals surface area contributed by atoms with E-state index in [-0.39, 0.29) is 0 Å². The number of nitrogen functional groups attached to an aromatic ring is 1. The Bertz CT molecular complexity index is 273. The van der Waals surface area contributed by atoms with E-state index in [2.05, 4.69) is 9.97 Å². The van der Waals surface area contributed by atoms with Gasteiger partial charge in [0, 0.05) is 6.20 Å². The van der Waals surface area contributed by atoms with Crippen LogP contribution in [-0.4, -0.2) is 16.1 Å². The van der Waals surface area contributed by atoms with Crippen LogP contribution in [-0.2, 0) is 11.3 Å². The molecular weight excluding hydrogens is 154 g/mol. The Morgan fingerprint density at radius 2 is 2.42 bits per heavy atom. The van der Waals surface area contributed by atoms with Gasteiger partial charge in [-0.05, 0) is 18.9 Å². The molecule has 1 saturated carbocycles. The molecule has 1 aromatic heterocycles. The summed E-state index contributed by atoms with van der Waals surface area (Å²) in [5.74, 6) is 0.312. The SMILES string of the molecule is Nc1nccc(COC2CC2)n1. The van der Waals surface area contributed by atoms with Crippen LogP contribution in [0.4, 0.5) is 5.95 Å². The minimum atomic E-state index is 0.312. The molecule has 4 nitrogen and oxygen atoms in total. The second-order valence-corrected chi connectivity index (χ2v) is 2.92. The van der Waals surface area contributed by atoms with Gasteiger partial charge in [-0.3, -0.25) is 0 Å². The Hall–Kier alpha value is -1.16. The number of ether oxygens (including phenoxy) is 1. The molecule has 0 amide bonds. The van der Waals surface area contributed by atoms with E-state index >= 15 is 0 Å². The molecule has 0 aliphatic heterocycles. The first-order valence-electron chi connectivity index (χ1n) is 4.03. The van der Waals surface area contributed by atoms with Crippen LogP contribution in [0.3, 0.4) is 0 Å². The lowest BCUT2D eigenvalue weighted by Crippen LogP contribution is -2.01. The standard InChI is InChI=1S/C8H11N3O/c9-8-10-4-3-6(11-8)5-12-7-1-2-7/h3-4,7H,1-2,5H2,(H2,9,10,11). The van der Waals surface area contributed by atoms with Crippen molar-refractivity contribution in [1.82, 2.24) is 9.97 Å². The fraction of sp³-hybridized carbons (Fsp3) is 0.500. The first-order chi connectivity index (χ1) is 5.84. The number of aromatic nitrogens is 2. The molecule has 1 heterocycles. The van der Waals surface area contributed by atoms with Crippen molar-refractivity contribution in [3.8, 4) is 0 Å². The zero-order valence-corrected chi connectivity index (χ0v) is 6.73. The first kappa shape index (κ1) is 7.49. The fourth-order valence-electron chi connectivity index (χ4n) is 0.931. The molecule has 1 aromatic rings. The predicted molar refractivity (Wildman–Crippen MR) is 44.3 cm³/mol. The van der Waals surface area contributed by atoms with Gasteiger partial charge in [0.25, 0.3) is 0 Å².